The van der Waals surface area contributed by atoms with E-state index in [4.69, 9.17) is 5.73 Å². The van der Waals surface area contributed by atoms with Crippen LogP contribution >= 0.6 is 0 Å². The van der Waals surface area contributed by atoms with Crippen LogP contribution in [0, 0.1) is 25.6 Å². The fourth-order valence-corrected chi connectivity index (χ4v) is 3.39. The molecule has 0 bridgehead atoms. The molecule has 8 heteroatoms. The number of carbonyl (C=O) groups excluding carboxylic acids is 1. The molecule has 0 fully saturated rings. The Balaban J connectivity index is 2.05. The van der Waals surface area contributed by atoms with Crippen LogP contribution in [0.1, 0.15) is 36.4 Å². The van der Waals surface area contributed by atoms with Gasteiger partial charge in [-0.25, -0.2) is 4.39 Å². The van der Waals surface area contributed by atoms with Crippen LogP contribution in [0.2, 0.25) is 0 Å². The molecule has 2 aromatic rings. The summed E-state index contributed by atoms with van der Waals surface area (Å²) in [6.07, 6.45) is 1.23. The SMILES string of the molecule is CCNC(=NCC(Cc1ccc(F)cc1)C(N)=O)NC(C)Cc1c(C)nn(C)c1C. The zero-order chi connectivity index (χ0) is 22.3. The second kappa shape index (κ2) is 10.8. The summed E-state index contributed by atoms with van der Waals surface area (Å²) in [5, 5.41) is 11.1. The summed E-state index contributed by atoms with van der Waals surface area (Å²) in [6, 6.07) is 6.21. The molecule has 1 amide bonds. The number of amides is 1. The Hall–Kier alpha value is -2.90. The van der Waals surface area contributed by atoms with Gasteiger partial charge in [-0.1, -0.05) is 12.1 Å². The summed E-state index contributed by atoms with van der Waals surface area (Å²) in [5.41, 5.74) is 9.83. The highest BCUT2D eigenvalue weighted by Gasteiger charge is 2.17. The Morgan fingerprint density at radius 1 is 1.27 bits per heavy atom. The van der Waals surface area contributed by atoms with Crippen molar-refractivity contribution in [3.63, 3.8) is 0 Å². The first-order valence-corrected chi connectivity index (χ1v) is 10.3. The molecule has 0 saturated heterocycles. The van der Waals surface area contributed by atoms with Gasteiger partial charge >= 0.3 is 0 Å². The lowest BCUT2D eigenvalue weighted by atomic mass is 9.99. The Morgan fingerprint density at radius 2 is 1.93 bits per heavy atom. The number of aliphatic imine (C=N–C) groups is 1. The van der Waals surface area contributed by atoms with Gasteiger partial charge in [0.25, 0.3) is 0 Å². The van der Waals surface area contributed by atoms with Crippen molar-refractivity contribution in [2.75, 3.05) is 13.1 Å². The molecule has 0 saturated carbocycles. The van der Waals surface area contributed by atoms with Crippen LogP contribution in [0.25, 0.3) is 0 Å². The monoisotopic (exact) mass is 416 g/mol. The minimum atomic E-state index is -0.468. The third kappa shape index (κ3) is 6.57. The Kier molecular flexibility index (Phi) is 8.38. The van der Waals surface area contributed by atoms with Crippen LogP contribution < -0.4 is 16.4 Å². The van der Waals surface area contributed by atoms with Crippen LogP contribution in [0.5, 0.6) is 0 Å². The zero-order valence-electron chi connectivity index (χ0n) is 18.5. The normalized spacial score (nSPS) is 13.7. The topological polar surface area (TPSA) is 97.3 Å². The van der Waals surface area contributed by atoms with Gasteiger partial charge in [-0.15, -0.1) is 0 Å². The van der Waals surface area contributed by atoms with Gasteiger partial charge < -0.3 is 16.4 Å². The van der Waals surface area contributed by atoms with Crippen molar-refractivity contribution in [2.45, 2.75) is 46.6 Å². The molecule has 2 unspecified atom stereocenters. The van der Waals surface area contributed by atoms with Gasteiger partial charge in [0.15, 0.2) is 5.96 Å². The van der Waals surface area contributed by atoms with E-state index in [-0.39, 0.29) is 18.4 Å². The van der Waals surface area contributed by atoms with Crippen molar-refractivity contribution >= 4 is 11.9 Å². The predicted molar refractivity (Wildman–Crippen MR) is 118 cm³/mol. The van der Waals surface area contributed by atoms with E-state index in [0.717, 1.165) is 23.4 Å². The number of hydrogen-bond acceptors (Lipinski definition) is 3. The quantitative estimate of drug-likeness (QED) is 0.430. The number of aromatic nitrogens is 2. The lowest BCUT2D eigenvalue weighted by Crippen LogP contribution is -2.43. The van der Waals surface area contributed by atoms with E-state index in [9.17, 15) is 9.18 Å². The van der Waals surface area contributed by atoms with Crippen molar-refractivity contribution in [1.82, 2.24) is 20.4 Å². The molecular formula is C22H33FN6O. The minimum absolute atomic E-state index is 0.119. The first-order valence-electron chi connectivity index (χ1n) is 10.3. The molecule has 2 atom stereocenters. The second-order valence-corrected chi connectivity index (χ2v) is 7.67. The summed E-state index contributed by atoms with van der Waals surface area (Å²) >= 11 is 0. The summed E-state index contributed by atoms with van der Waals surface area (Å²) in [5.74, 6) is -0.564. The number of guanidine groups is 1. The molecule has 0 aliphatic rings. The number of carbonyl (C=O) groups is 1. The first kappa shape index (κ1) is 23.4. The number of nitrogens with one attached hydrogen (secondary N) is 2. The average Bonchev–Trinajstić information content (AvgIpc) is 2.92. The first-order chi connectivity index (χ1) is 14.2. The Labute approximate surface area is 178 Å². The summed E-state index contributed by atoms with van der Waals surface area (Å²) in [6.45, 7) is 9.10. The summed E-state index contributed by atoms with van der Waals surface area (Å²) in [7, 11) is 1.94. The van der Waals surface area contributed by atoms with E-state index >= 15 is 0 Å². The molecule has 30 heavy (non-hydrogen) atoms. The smallest absolute Gasteiger partial charge is 0.222 e. The van der Waals surface area contributed by atoms with Gasteiger partial charge in [0.1, 0.15) is 5.82 Å². The number of nitrogens with zero attached hydrogens (tertiary/aromatic N) is 3. The van der Waals surface area contributed by atoms with Gasteiger partial charge in [0, 0.05) is 25.3 Å². The number of primary amides is 1. The van der Waals surface area contributed by atoms with E-state index in [1.165, 1.54) is 17.7 Å². The number of nitrogens with two attached hydrogens (primary N) is 1. The van der Waals surface area contributed by atoms with E-state index in [0.29, 0.717) is 18.9 Å². The van der Waals surface area contributed by atoms with Crippen molar-refractivity contribution in [3.05, 3.63) is 52.6 Å². The lowest BCUT2D eigenvalue weighted by molar-refractivity contribution is -0.121. The maximum Gasteiger partial charge on any atom is 0.222 e. The standard InChI is InChI=1S/C22H33FN6O/c1-6-25-22(27-14(2)11-20-15(3)28-29(5)16(20)4)26-13-18(21(24)30)12-17-7-9-19(23)10-8-17/h7-10,14,18H,6,11-13H2,1-5H3,(H2,24,30)(H2,25,26,27). The van der Waals surface area contributed by atoms with Crippen molar-refractivity contribution in [3.8, 4) is 0 Å². The third-order valence-corrected chi connectivity index (χ3v) is 5.16. The molecule has 0 aliphatic carbocycles. The van der Waals surface area contributed by atoms with E-state index < -0.39 is 11.8 Å². The number of hydrogen-bond donors (Lipinski definition) is 3. The third-order valence-electron chi connectivity index (χ3n) is 5.16. The van der Waals surface area contributed by atoms with Crippen LogP contribution in [0.3, 0.4) is 0 Å². The largest absolute Gasteiger partial charge is 0.369 e. The Morgan fingerprint density at radius 3 is 2.47 bits per heavy atom. The van der Waals surface area contributed by atoms with Gasteiger partial charge in [-0.3, -0.25) is 14.5 Å². The second-order valence-electron chi connectivity index (χ2n) is 7.67. The molecule has 164 valence electrons. The molecule has 1 aromatic carbocycles. The van der Waals surface area contributed by atoms with Crippen molar-refractivity contribution in [1.29, 1.82) is 0 Å². The Bertz CT molecular complexity index is 874. The van der Waals surface area contributed by atoms with Crippen molar-refractivity contribution < 1.29 is 9.18 Å². The van der Waals surface area contributed by atoms with Gasteiger partial charge in [-0.2, -0.15) is 5.10 Å². The summed E-state index contributed by atoms with van der Waals surface area (Å²) < 4.78 is 15.0. The number of benzene rings is 1. The zero-order valence-corrected chi connectivity index (χ0v) is 18.5. The van der Waals surface area contributed by atoms with Gasteiger partial charge in [-0.05, 0) is 63.8 Å². The minimum Gasteiger partial charge on any atom is -0.369 e. The van der Waals surface area contributed by atoms with Gasteiger partial charge in [0.2, 0.25) is 5.91 Å². The fraction of sp³-hybridized carbons (Fsp3) is 0.500. The number of rotatable bonds is 9. The molecule has 1 heterocycles. The van der Waals surface area contributed by atoms with Gasteiger partial charge in [0.05, 0.1) is 18.2 Å². The van der Waals surface area contributed by atoms with Crippen LogP contribution in [0.4, 0.5) is 4.39 Å². The highest BCUT2D eigenvalue weighted by Crippen LogP contribution is 2.14. The van der Waals surface area contributed by atoms with E-state index in [2.05, 4.69) is 34.6 Å². The van der Waals surface area contributed by atoms with Crippen LogP contribution in [-0.4, -0.2) is 40.8 Å². The maximum absolute atomic E-state index is 13.1. The molecule has 2 rings (SSSR count). The molecule has 0 spiro atoms. The highest BCUT2D eigenvalue weighted by atomic mass is 19.1. The molecular weight excluding hydrogens is 383 g/mol. The van der Waals surface area contributed by atoms with Crippen molar-refractivity contribution in [2.24, 2.45) is 23.7 Å². The molecule has 7 nitrogen and oxygen atoms in total. The number of aryl methyl sites for hydroxylation is 2. The lowest BCUT2D eigenvalue weighted by Gasteiger charge is -2.19. The fourth-order valence-electron chi connectivity index (χ4n) is 3.39. The van der Waals surface area contributed by atoms with E-state index in [1.807, 2.05) is 25.6 Å². The highest BCUT2D eigenvalue weighted by molar-refractivity contribution is 5.81. The maximum atomic E-state index is 13.1. The molecule has 1 aromatic heterocycles. The number of halogens is 1. The average molecular weight is 417 g/mol. The molecule has 4 N–H and O–H groups in total. The molecule has 0 aliphatic heterocycles. The van der Waals surface area contributed by atoms with E-state index in [1.54, 1.807) is 12.1 Å². The van der Waals surface area contributed by atoms with Crippen LogP contribution in [0.15, 0.2) is 29.3 Å². The van der Waals surface area contributed by atoms with Crippen LogP contribution in [-0.2, 0) is 24.7 Å². The summed E-state index contributed by atoms with van der Waals surface area (Å²) in [4.78, 5) is 16.5. The molecule has 0 radical (unpaired) electrons. The predicted octanol–water partition coefficient (Wildman–Crippen LogP) is 2.01.